The average molecular weight is 276 g/mol. The van der Waals surface area contributed by atoms with Crippen molar-refractivity contribution < 1.29 is 19.2 Å². The minimum absolute atomic E-state index is 0.0110. The summed E-state index contributed by atoms with van der Waals surface area (Å²) in [6, 6.07) is 8.39. The Kier molecular flexibility index (Phi) is 3.81. The van der Waals surface area contributed by atoms with Crippen LogP contribution in [0.2, 0.25) is 0 Å². The monoisotopic (exact) mass is 276 g/mol. The number of nitrogens with two attached hydrogens (primary N) is 1. The second-order valence-corrected chi connectivity index (χ2v) is 4.21. The van der Waals surface area contributed by atoms with Gasteiger partial charge in [-0.25, -0.2) is 0 Å². The van der Waals surface area contributed by atoms with Gasteiger partial charge in [-0.3, -0.25) is 14.9 Å². The lowest BCUT2D eigenvalue weighted by Gasteiger charge is -2.04. The fourth-order valence-electron chi connectivity index (χ4n) is 1.74. The molecule has 1 aromatic carbocycles. The van der Waals surface area contributed by atoms with Crippen molar-refractivity contribution in [2.75, 3.05) is 0 Å². The number of non-ortho nitro benzene ring substituents is 1. The predicted molar refractivity (Wildman–Crippen MR) is 70.0 cm³/mol. The Morgan fingerprint density at radius 3 is 2.50 bits per heavy atom. The number of carboxylic acids is 1. The van der Waals surface area contributed by atoms with Crippen molar-refractivity contribution in [1.29, 1.82) is 0 Å². The first-order valence-electron chi connectivity index (χ1n) is 5.79. The fourth-order valence-corrected chi connectivity index (χ4v) is 1.74. The van der Waals surface area contributed by atoms with Crippen molar-refractivity contribution in [2.24, 2.45) is 5.73 Å². The quantitative estimate of drug-likeness (QED) is 0.638. The first-order valence-corrected chi connectivity index (χ1v) is 5.79. The van der Waals surface area contributed by atoms with Gasteiger partial charge in [0.15, 0.2) is 0 Å². The molecule has 2 aromatic rings. The Hall–Kier alpha value is -2.67. The van der Waals surface area contributed by atoms with Gasteiger partial charge in [0.1, 0.15) is 11.5 Å². The lowest BCUT2D eigenvalue weighted by molar-refractivity contribution is -0.384. The number of furan rings is 1. The Bertz CT molecular complexity index is 632. The minimum Gasteiger partial charge on any atom is -0.481 e. The molecule has 104 valence electrons. The molecule has 7 nitrogen and oxygen atoms in total. The first-order chi connectivity index (χ1) is 9.47. The standard InChI is InChI=1S/C13H12N2O5/c14-10(7-13(16)17)12-6-5-11(20-12)8-1-3-9(4-2-8)15(18)19/h1-6,10H,7,14H2,(H,16,17). The van der Waals surface area contributed by atoms with Crippen LogP contribution < -0.4 is 5.73 Å². The van der Waals surface area contributed by atoms with E-state index in [1.165, 1.54) is 12.1 Å². The normalized spacial score (nSPS) is 12.1. The van der Waals surface area contributed by atoms with Gasteiger partial charge in [0.05, 0.1) is 17.4 Å². The number of hydrogen-bond donors (Lipinski definition) is 2. The Labute approximate surface area is 113 Å². The Morgan fingerprint density at radius 2 is 1.95 bits per heavy atom. The first kappa shape index (κ1) is 13.8. The van der Waals surface area contributed by atoms with E-state index in [0.29, 0.717) is 17.1 Å². The highest BCUT2D eigenvalue weighted by Gasteiger charge is 2.15. The van der Waals surface area contributed by atoms with Crippen LogP contribution in [0.5, 0.6) is 0 Å². The number of nitro benzene ring substituents is 1. The van der Waals surface area contributed by atoms with Crippen LogP contribution in [0.3, 0.4) is 0 Å². The Balaban J connectivity index is 2.20. The molecule has 1 heterocycles. The number of rotatable bonds is 5. The number of benzene rings is 1. The van der Waals surface area contributed by atoms with E-state index in [9.17, 15) is 14.9 Å². The smallest absolute Gasteiger partial charge is 0.305 e. The summed E-state index contributed by atoms with van der Waals surface area (Å²) < 4.78 is 5.47. The molecule has 0 bridgehead atoms. The summed E-state index contributed by atoms with van der Waals surface area (Å²) in [5.74, 6) is -0.165. The van der Waals surface area contributed by atoms with E-state index in [1.54, 1.807) is 24.3 Å². The molecule has 0 aliphatic rings. The molecular formula is C13H12N2O5. The molecular weight excluding hydrogens is 264 g/mol. The van der Waals surface area contributed by atoms with E-state index in [4.69, 9.17) is 15.3 Å². The zero-order valence-electron chi connectivity index (χ0n) is 10.4. The minimum atomic E-state index is -1.01. The van der Waals surface area contributed by atoms with Crippen LogP contribution in [0.25, 0.3) is 11.3 Å². The molecule has 0 spiro atoms. The van der Waals surface area contributed by atoms with Gasteiger partial charge in [0.25, 0.3) is 5.69 Å². The molecule has 0 amide bonds. The van der Waals surface area contributed by atoms with E-state index in [0.717, 1.165) is 0 Å². The number of nitrogens with zero attached hydrogens (tertiary/aromatic N) is 1. The lowest BCUT2D eigenvalue weighted by Crippen LogP contribution is -2.14. The van der Waals surface area contributed by atoms with Crippen LogP contribution >= 0.6 is 0 Å². The summed E-state index contributed by atoms with van der Waals surface area (Å²) >= 11 is 0. The highest BCUT2D eigenvalue weighted by atomic mass is 16.6. The summed E-state index contributed by atoms with van der Waals surface area (Å²) in [6.07, 6.45) is -0.229. The molecule has 1 unspecified atom stereocenters. The molecule has 20 heavy (non-hydrogen) atoms. The van der Waals surface area contributed by atoms with Gasteiger partial charge in [-0.15, -0.1) is 0 Å². The van der Waals surface area contributed by atoms with Crippen molar-refractivity contribution in [2.45, 2.75) is 12.5 Å². The maximum absolute atomic E-state index is 10.6. The predicted octanol–water partition coefficient (Wildman–Crippen LogP) is 2.33. The molecule has 7 heteroatoms. The Morgan fingerprint density at radius 1 is 1.30 bits per heavy atom. The van der Waals surface area contributed by atoms with Gasteiger partial charge >= 0.3 is 5.97 Å². The molecule has 0 fully saturated rings. The van der Waals surface area contributed by atoms with Gasteiger partial charge in [-0.1, -0.05) is 0 Å². The van der Waals surface area contributed by atoms with Crippen LogP contribution in [0.4, 0.5) is 5.69 Å². The molecule has 3 N–H and O–H groups in total. The van der Waals surface area contributed by atoms with Gasteiger partial charge in [0, 0.05) is 17.7 Å². The zero-order valence-corrected chi connectivity index (χ0v) is 10.4. The summed E-state index contributed by atoms with van der Waals surface area (Å²) in [5, 5.41) is 19.2. The molecule has 0 saturated carbocycles. The second-order valence-electron chi connectivity index (χ2n) is 4.21. The maximum atomic E-state index is 10.6. The summed E-state index contributed by atoms with van der Waals surface area (Å²) in [7, 11) is 0. The molecule has 0 radical (unpaired) electrons. The third-order valence-corrected chi connectivity index (χ3v) is 2.75. The van der Waals surface area contributed by atoms with Crippen LogP contribution in [0.1, 0.15) is 18.2 Å². The second kappa shape index (κ2) is 5.54. The van der Waals surface area contributed by atoms with Crippen molar-refractivity contribution in [3.8, 4) is 11.3 Å². The van der Waals surface area contributed by atoms with Crippen molar-refractivity contribution >= 4 is 11.7 Å². The number of carbonyl (C=O) groups is 1. The van der Waals surface area contributed by atoms with E-state index < -0.39 is 16.9 Å². The number of carboxylic acid groups (broad SMARTS) is 1. The van der Waals surface area contributed by atoms with E-state index in [1.807, 2.05) is 0 Å². The summed E-state index contributed by atoms with van der Waals surface area (Å²) in [6.45, 7) is 0. The number of hydrogen-bond acceptors (Lipinski definition) is 5. The summed E-state index contributed by atoms with van der Waals surface area (Å²) in [5.41, 5.74) is 6.33. The van der Waals surface area contributed by atoms with Gasteiger partial charge < -0.3 is 15.3 Å². The highest BCUT2D eigenvalue weighted by Crippen LogP contribution is 2.27. The average Bonchev–Trinajstić information content (AvgIpc) is 2.87. The number of aliphatic carboxylic acids is 1. The van der Waals surface area contributed by atoms with Crippen LogP contribution in [0, 0.1) is 10.1 Å². The lowest BCUT2D eigenvalue weighted by atomic mass is 10.1. The van der Waals surface area contributed by atoms with Gasteiger partial charge in [-0.05, 0) is 24.3 Å². The van der Waals surface area contributed by atoms with Gasteiger partial charge in [-0.2, -0.15) is 0 Å². The van der Waals surface area contributed by atoms with Crippen LogP contribution in [0.15, 0.2) is 40.8 Å². The van der Waals surface area contributed by atoms with E-state index >= 15 is 0 Å². The molecule has 1 atom stereocenters. The van der Waals surface area contributed by atoms with E-state index in [-0.39, 0.29) is 12.1 Å². The third-order valence-electron chi connectivity index (χ3n) is 2.75. The topological polar surface area (TPSA) is 120 Å². The zero-order chi connectivity index (χ0) is 14.7. The van der Waals surface area contributed by atoms with Crippen LogP contribution in [-0.4, -0.2) is 16.0 Å². The van der Waals surface area contributed by atoms with Crippen LogP contribution in [-0.2, 0) is 4.79 Å². The molecule has 1 aromatic heterocycles. The maximum Gasteiger partial charge on any atom is 0.305 e. The largest absolute Gasteiger partial charge is 0.481 e. The fraction of sp³-hybridized carbons (Fsp3) is 0.154. The highest BCUT2D eigenvalue weighted by molar-refractivity contribution is 5.68. The van der Waals surface area contributed by atoms with Crippen molar-refractivity contribution in [1.82, 2.24) is 0 Å². The number of nitro groups is 1. The molecule has 0 aliphatic carbocycles. The van der Waals surface area contributed by atoms with Crippen molar-refractivity contribution in [3.05, 3.63) is 52.3 Å². The van der Waals surface area contributed by atoms with E-state index in [2.05, 4.69) is 0 Å². The molecule has 0 saturated heterocycles. The SMILES string of the molecule is NC(CC(=O)O)c1ccc(-c2ccc([N+](=O)[O-])cc2)o1. The third kappa shape index (κ3) is 3.01. The molecule has 0 aliphatic heterocycles. The summed E-state index contributed by atoms with van der Waals surface area (Å²) in [4.78, 5) is 20.6. The van der Waals surface area contributed by atoms with Gasteiger partial charge in [0.2, 0.25) is 0 Å². The molecule has 2 rings (SSSR count). The van der Waals surface area contributed by atoms with Crippen molar-refractivity contribution in [3.63, 3.8) is 0 Å².